The van der Waals surface area contributed by atoms with Crippen LogP contribution in [0.5, 0.6) is 0 Å². The molecule has 4 aromatic rings. The smallest absolute Gasteiger partial charge is 0.329 e. The summed E-state index contributed by atoms with van der Waals surface area (Å²) in [5, 5.41) is 2.40. The Morgan fingerprint density at radius 3 is 2.88 bits per heavy atom. The maximum Gasteiger partial charge on any atom is 0.329 e. The first kappa shape index (κ1) is 22.1. The number of nitrogens with zero attached hydrogens (tertiary/aromatic N) is 4. The largest absolute Gasteiger partial charge is 0.467 e. The van der Waals surface area contributed by atoms with Crippen molar-refractivity contribution in [2.75, 3.05) is 25.9 Å². The third kappa shape index (κ3) is 4.27. The van der Waals surface area contributed by atoms with Gasteiger partial charge in [0, 0.05) is 46.6 Å². The van der Waals surface area contributed by atoms with Gasteiger partial charge in [-0.2, -0.15) is 0 Å². The zero-order valence-corrected chi connectivity index (χ0v) is 19.2. The number of amides is 1. The van der Waals surface area contributed by atoms with Gasteiger partial charge in [0.05, 0.1) is 19.2 Å². The molecule has 1 unspecified atom stereocenters. The van der Waals surface area contributed by atoms with Crippen LogP contribution in [0.4, 0.5) is 5.82 Å². The number of aromatic nitrogens is 3. The fourth-order valence-electron chi connectivity index (χ4n) is 4.43. The summed E-state index contributed by atoms with van der Waals surface area (Å²) in [5.41, 5.74) is 9.34. The first-order valence-corrected chi connectivity index (χ1v) is 11.1. The van der Waals surface area contributed by atoms with E-state index in [0.717, 1.165) is 27.5 Å². The van der Waals surface area contributed by atoms with Crippen molar-refractivity contribution in [3.63, 3.8) is 0 Å². The molecule has 1 aliphatic heterocycles. The molecule has 34 heavy (non-hydrogen) atoms. The van der Waals surface area contributed by atoms with Crippen molar-refractivity contribution < 1.29 is 14.3 Å². The molecular formula is C24H23ClN6O3. The SMILES string of the molecule is COC(=O)C1CN(Cc2cc3cc(Cl)ccc3[nH]2)CC(=O)N1Cc1ccc2c(N)ncnc2c1. The number of rotatable bonds is 5. The molecule has 1 saturated heterocycles. The number of nitrogens with one attached hydrogen (secondary N) is 1. The number of H-pyrrole nitrogens is 1. The molecule has 2 aromatic heterocycles. The van der Waals surface area contributed by atoms with Gasteiger partial charge in [-0.25, -0.2) is 14.8 Å². The van der Waals surface area contributed by atoms with Crippen LogP contribution in [0.25, 0.3) is 21.8 Å². The summed E-state index contributed by atoms with van der Waals surface area (Å²) in [7, 11) is 1.33. The Kier molecular flexibility index (Phi) is 5.80. The van der Waals surface area contributed by atoms with Crippen LogP contribution in [0.15, 0.2) is 48.8 Å². The average molecular weight is 479 g/mol. The Morgan fingerprint density at radius 2 is 2.06 bits per heavy atom. The van der Waals surface area contributed by atoms with Gasteiger partial charge < -0.3 is 20.4 Å². The first-order chi connectivity index (χ1) is 16.4. The van der Waals surface area contributed by atoms with Crippen LogP contribution in [-0.4, -0.2) is 62.9 Å². The maximum atomic E-state index is 13.2. The Bertz CT molecular complexity index is 1400. The van der Waals surface area contributed by atoms with Crippen LogP contribution in [0.2, 0.25) is 5.02 Å². The summed E-state index contributed by atoms with van der Waals surface area (Å²) < 4.78 is 5.03. The van der Waals surface area contributed by atoms with Gasteiger partial charge in [-0.15, -0.1) is 0 Å². The Balaban J connectivity index is 1.36. The number of hydrogen-bond acceptors (Lipinski definition) is 7. The highest BCUT2D eigenvalue weighted by Crippen LogP contribution is 2.24. The van der Waals surface area contributed by atoms with E-state index in [0.29, 0.717) is 29.4 Å². The number of methoxy groups -OCH3 is 1. The van der Waals surface area contributed by atoms with Gasteiger partial charge in [0.2, 0.25) is 5.91 Å². The number of nitrogen functional groups attached to an aromatic ring is 1. The number of anilines is 1. The van der Waals surface area contributed by atoms with E-state index in [2.05, 4.69) is 15.0 Å². The van der Waals surface area contributed by atoms with E-state index in [-0.39, 0.29) is 19.0 Å². The van der Waals surface area contributed by atoms with Gasteiger partial charge in [-0.1, -0.05) is 17.7 Å². The zero-order valence-electron chi connectivity index (χ0n) is 18.5. The van der Waals surface area contributed by atoms with Crippen molar-refractivity contribution in [3.8, 4) is 0 Å². The quantitative estimate of drug-likeness (QED) is 0.423. The molecule has 174 valence electrons. The fourth-order valence-corrected chi connectivity index (χ4v) is 4.61. The number of carbonyl (C=O) groups excluding carboxylic acids is 2. The fraction of sp³-hybridized carbons (Fsp3) is 0.250. The number of ether oxygens (including phenoxy) is 1. The predicted molar refractivity (Wildman–Crippen MR) is 129 cm³/mol. The van der Waals surface area contributed by atoms with E-state index in [1.807, 2.05) is 47.4 Å². The molecular weight excluding hydrogens is 456 g/mol. The standard InChI is InChI=1S/C24H23ClN6O3/c1-34-24(33)21-11-30(10-17-8-15-7-16(25)3-5-19(15)29-17)12-22(32)31(21)9-14-2-4-18-20(6-14)27-13-28-23(18)26/h2-8,13,21,29H,9-12H2,1H3,(H2,26,27,28). The van der Waals surface area contributed by atoms with Crippen LogP contribution in [0.3, 0.4) is 0 Å². The van der Waals surface area contributed by atoms with Crippen molar-refractivity contribution in [2.24, 2.45) is 0 Å². The molecule has 0 aliphatic carbocycles. The van der Waals surface area contributed by atoms with Crippen LogP contribution >= 0.6 is 11.6 Å². The highest BCUT2D eigenvalue weighted by molar-refractivity contribution is 6.31. The number of esters is 1. The zero-order chi connectivity index (χ0) is 23.8. The lowest BCUT2D eigenvalue weighted by atomic mass is 10.1. The number of benzene rings is 2. The number of aromatic amines is 1. The molecule has 1 amide bonds. The second-order valence-electron chi connectivity index (χ2n) is 8.37. The number of piperazine rings is 1. The van der Waals surface area contributed by atoms with Crippen molar-refractivity contribution in [1.82, 2.24) is 24.8 Å². The van der Waals surface area contributed by atoms with Gasteiger partial charge >= 0.3 is 5.97 Å². The molecule has 0 saturated carbocycles. The van der Waals surface area contributed by atoms with E-state index in [9.17, 15) is 9.59 Å². The van der Waals surface area contributed by atoms with E-state index >= 15 is 0 Å². The summed E-state index contributed by atoms with van der Waals surface area (Å²) in [4.78, 5) is 40.9. The molecule has 1 aliphatic rings. The highest BCUT2D eigenvalue weighted by Gasteiger charge is 2.37. The lowest BCUT2D eigenvalue weighted by Crippen LogP contribution is -2.58. The summed E-state index contributed by atoms with van der Waals surface area (Å²) >= 11 is 6.09. The van der Waals surface area contributed by atoms with E-state index in [1.54, 1.807) is 4.90 Å². The van der Waals surface area contributed by atoms with Crippen molar-refractivity contribution in [2.45, 2.75) is 19.1 Å². The molecule has 1 fully saturated rings. The number of carbonyl (C=O) groups is 2. The molecule has 9 nitrogen and oxygen atoms in total. The normalized spacial score (nSPS) is 16.9. The molecule has 2 aromatic carbocycles. The van der Waals surface area contributed by atoms with Gasteiger partial charge in [0.25, 0.3) is 0 Å². The first-order valence-electron chi connectivity index (χ1n) is 10.8. The minimum atomic E-state index is -0.726. The second kappa shape index (κ2) is 8.92. The third-order valence-electron chi connectivity index (χ3n) is 6.08. The van der Waals surface area contributed by atoms with Crippen molar-refractivity contribution in [1.29, 1.82) is 0 Å². The van der Waals surface area contributed by atoms with Gasteiger partial charge in [-0.3, -0.25) is 9.69 Å². The summed E-state index contributed by atoms with van der Waals surface area (Å²) in [6, 6.07) is 12.5. The highest BCUT2D eigenvalue weighted by atomic mass is 35.5. The monoisotopic (exact) mass is 478 g/mol. The van der Waals surface area contributed by atoms with Crippen LogP contribution in [0.1, 0.15) is 11.3 Å². The van der Waals surface area contributed by atoms with E-state index < -0.39 is 12.0 Å². The number of halogens is 1. The topological polar surface area (TPSA) is 117 Å². The molecule has 0 radical (unpaired) electrons. The average Bonchev–Trinajstić information content (AvgIpc) is 3.21. The molecule has 5 rings (SSSR count). The number of nitrogens with two attached hydrogens (primary N) is 1. The van der Waals surface area contributed by atoms with Crippen LogP contribution in [-0.2, 0) is 27.4 Å². The Morgan fingerprint density at radius 1 is 1.21 bits per heavy atom. The second-order valence-corrected chi connectivity index (χ2v) is 8.80. The maximum absolute atomic E-state index is 13.2. The molecule has 10 heteroatoms. The van der Waals surface area contributed by atoms with E-state index in [1.165, 1.54) is 13.4 Å². The third-order valence-corrected chi connectivity index (χ3v) is 6.31. The summed E-state index contributed by atoms with van der Waals surface area (Å²) in [6.07, 6.45) is 1.40. The Labute approximate surface area is 200 Å². The lowest BCUT2D eigenvalue weighted by Gasteiger charge is -2.39. The summed E-state index contributed by atoms with van der Waals surface area (Å²) in [5.74, 6) is -0.204. The summed E-state index contributed by atoms with van der Waals surface area (Å²) in [6.45, 7) is 1.30. The number of fused-ring (bicyclic) bond motifs is 2. The minimum absolute atomic E-state index is 0.150. The molecule has 3 heterocycles. The Hall–Kier alpha value is -3.69. The lowest BCUT2D eigenvalue weighted by molar-refractivity contribution is -0.159. The van der Waals surface area contributed by atoms with Crippen molar-refractivity contribution >= 4 is 51.1 Å². The molecule has 0 spiro atoms. The molecule has 0 bridgehead atoms. The van der Waals surface area contributed by atoms with Crippen LogP contribution < -0.4 is 5.73 Å². The molecule has 3 N–H and O–H groups in total. The van der Waals surface area contributed by atoms with Gasteiger partial charge in [-0.05, 0) is 42.0 Å². The number of hydrogen-bond donors (Lipinski definition) is 2. The van der Waals surface area contributed by atoms with E-state index in [4.69, 9.17) is 22.1 Å². The van der Waals surface area contributed by atoms with Crippen LogP contribution in [0, 0.1) is 0 Å². The molecule has 1 atom stereocenters. The van der Waals surface area contributed by atoms with Crippen molar-refractivity contribution in [3.05, 3.63) is 65.1 Å². The predicted octanol–water partition coefficient (Wildman–Crippen LogP) is 2.73. The van der Waals surface area contributed by atoms with Gasteiger partial charge in [0.1, 0.15) is 18.2 Å². The van der Waals surface area contributed by atoms with Gasteiger partial charge in [0.15, 0.2) is 0 Å². The minimum Gasteiger partial charge on any atom is -0.467 e.